The molecule has 0 radical (unpaired) electrons. The van der Waals surface area contributed by atoms with Gasteiger partial charge in [-0.1, -0.05) is 30.3 Å². The summed E-state index contributed by atoms with van der Waals surface area (Å²) in [5.41, 5.74) is -0.807. The van der Waals surface area contributed by atoms with Crippen molar-refractivity contribution in [1.29, 1.82) is 0 Å². The minimum Gasteiger partial charge on any atom is -0.465 e. The number of thiol groups is 6. The molecule has 0 aliphatic carbocycles. The van der Waals surface area contributed by atoms with E-state index in [1.54, 1.807) is 0 Å². The molecule has 21 heteroatoms. The number of benzene rings is 2. The fourth-order valence-electron chi connectivity index (χ4n) is 5.77. The predicted molar refractivity (Wildman–Crippen MR) is 268 cm³/mol. The average Bonchev–Trinajstić information content (AvgIpc) is 3.29. The molecule has 0 fully saturated rings. The van der Waals surface area contributed by atoms with Gasteiger partial charge >= 0.3 is 35.8 Å². The van der Waals surface area contributed by atoms with E-state index in [0.29, 0.717) is 6.54 Å². The Labute approximate surface area is 412 Å². The predicted octanol–water partition coefficient (Wildman–Crippen LogP) is 5.50. The second kappa shape index (κ2) is 32.3. The van der Waals surface area contributed by atoms with Crippen molar-refractivity contribution in [2.45, 2.75) is 45.1 Å². The summed E-state index contributed by atoms with van der Waals surface area (Å²) in [5.74, 6) is -2.37. The van der Waals surface area contributed by atoms with Crippen LogP contribution in [0.3, 0.4) is 0 Å². The van der Waals surface area contributed by atoms with Gasteiger partial charge in [0.1, 0.15) is 39.6 Å². The highest BCUT2D eigenvalue weighted by molar-refractivity contribution is 7.81. The Balaban J connectivity index is 0.000000656. The highest BCUT2D eigenvalue weighted by atomic mass is 32.1. The van der Waals surface area contributed by atoms with Crippen LogP contribution in [-0.2, 0) is 68.5 Å². The summed E-state index contributed by atoms with van der Waals surface area (Å²) in [6.45, 7) is 1.47. The molecule has 3 aromatic rings. The van der Waals surface area contributed by atoms with E-state index in [9.17, 15) is 33.6 Å². The Hall–Kier alpha value is -3.47. The zero-order valence-electron chi connectivity index (χ0n) is 36.1. The Morgan fingerprint density at radius 3 is 0.969 bits per heavy atom. The zero-order chi connectivity index (χ0) is 48.1. The van der Waals surface area contributed by atoms with Gasteiger partial charge in [-0.3, -0.25) is 33.6 Å². The van der Waals surface area contributed by atoms with Crippen LogP contribution in [0.4, 0.5) is 0 Å². The Kier molecular flexibility index (Phi) is 28.6. The van der Waals surface area contributed by atoms with Gasteiger partial charge in [0.2, 0.25) is 0 Å². The van der Waals surface area contributed by atoms with Crippen LogP contribution < -0.4 is 5.43 Å². The molecule has 0 spiro atoms. The quantitative estimate of drug-likeness (QED) is 0.0162. The van der Waals surface area contributed by atoms with E-state index < -0.39 is 46.6 Å². The number of aromatic nitrogens is 1. The third-order valence-electron chi connectivity index (χ3n) is 9.14. The number of hydrogen-bond donors (Lipinski definition) is 6. The summed E-state index contributed by atoms with van der Waals surface area (Å²) in [7, 11) is 0. The highest BCUT2D eigenvalue weighted by Gasteiger charge is 2.41. The van der Waals surface area contributed by atoms with Gasteiger partial charge in [-0.2, -0.15) is 75.8 Å². The summed E-state index contributed by atoms with van der Waals surface area (Å²) < 4.78 is 40.7. The lowest BCUT2D eigenvalue weighted by molar-refractivity contribution is -0.174. The first-order valence-corrected chi connectivity index (χ1v) is 24.3. The number of carbonyl (C=O) groups is 6. The Morgan fingerprint density at radius 1 is 0.462 bits per heavy atom. The first-order chi connectivity index (χ1) is 31.3. The Morgan fingerprint density at radius 2 is 0.723 bits per heavy atom. The van der Waals surface area contributed by atoms with Crippen molar-refractivity contribution in [3.8, 4) is 0 Å². The number of hydrogen-bond acceptors (Lipinski definition) is 20. The summed E-state index contributed by atoms with van der Waals surface area (Å²) in [5, 5.41) is 1.52. The number of ether oxygens (including phenoxy) is 7. The van der Waals surface area contributed by atoms with Crippen LogP contribution in [0.15, 0.2) is 66.0 Å². The van der Waals surface area contributed by atoms with Crippen LogP contribution >= 0.6 is 75.8 Å². The molecule has 65 heavy (non-hydrogen) atoms. The smallest absolute Gasteiger partial charge is 0.306 e. The number of fused-ring (bicyclic) bond motifs is 2. The minimum absolute atomic E-state index is 0.0189. The number of carbonyl (C=O) groups excluding carboxylic acids is 6. The summed E-state index contributed by atoms with van der Waals surface area (Å²) in [6.07, 6.45) is 1.74. The van der Waals surface area contributed by atoms with E-state index in [2.05, 4.69) is 86.9 Å². The van der Waals surface area contributed by atoms with E-state index in [0.717, 1.165) is 21.8 Å². The molecule has 0 atom stereocenters. The first kappa shape index (κ1) is 57.7. The topological polar surface area (TPSA) is 189 Å². The molecule has 3 rings (SSSR count). The van der Waals surface area contributed by atoms with Crippen LogP contribution in [0.2, 0.25) is 0 Å². The average molecular weight is 1020 g/mol. The van der Waals surface area contributed by atoms with Crippen LogP contribution in [0.5, 0.6) is 0 Å². The fraction of sp³-hybridized carbons (Fsp3) is 0.523. The second-order valence-electron chi connectivity index (χ2n) is 14.6. The molecule has 360 valence electrons. The lowest BCUT2D eigenvalue weighted by Gasteiger charge is -2.35. The SMILES string of the molecule is C=CCn1c2ccccc2c(=O)c2ccccc21.O=C(CCS)OCC(COCC(COC(=O)CCS)(COC(=O)CCS)COC(=O)CCS)(COC(=O)CCS)COC(=O)CCS. The second-order valence-corrected chi connectivity index (χ2v) is 17.2. The monoisotopic (exact) mass is 1020 g/mol. The molecule has 1 heterocycles. The third-order valence-corrected chi connectivity index (χ3v) is 10.5. The molecule has 0 saturated carbocycles. The molecule has 1 aromatic heterocycles. The highest BCUT2D eigenvalue weighted by Crippen LogP contribution is 2.27. The van der Waals surface area contributed by atoms with E-state index >= 15 is 0 Å². The van der Waals surface area contributed by atoms with E-state index in [-0.39, 0.29) is 131 Å². The maximum absolute atomic E-state index is 12.4. The number of para-hydroxylation sites is 2. The zero-order valence-corrected chi connectivity index (χ0v) is 41.5. The van der Waals surface area contributed by atoms with Gasteiger partial charge in [0.15, 0.2) is 5.43 Å². The van der Waals surface area contributed by atoms with Crippen molar-refractivity contribution in [2.75, 3.05) is 87.4 Å². The van der Waals surface area contributed by atoms with Gasteiger partial charge in [-0.05, 0) is 24.3 Å². The summed E-state index contributed by atoms with van der Waals surface area (Å²) >= 11 is 24.2. The van der Waals surface area contributed by atoms with Crippen molar-refractivity contribution in [3.05, 3.63) is 71.4 Å². The van der Waals surface area contributed by atoms with Crippen molar-refractivity contribution < 1.29 is 61.9 Å². The van der Waals surface area contributed by atoms with Crippen molar-refractivity contribution in [1.82, 2.24) is 4.57 Å². The number of rotatable bonds is 30. The third kappa shape index (κ3) is 20.9. The molecule has 0 unspecified atom stereocenters. The van der Waals surface area contributed by atoms with Crippen molar-refractivity contribution >= 4 is 133 Å². The van der Waals surface area contributed by atoms with Gasteiger partial charge in [-0.15, -0.1) is 6.58 Å². The lowest BCUT2D eigenvalue weighted by atomic mass is 9.90. The number of nitrogens with zero attached hydrogens (tertiary/aromatic N) is 1. The van der Waals surface area contributed by atoms with E-state index in [1.165, 1.54) is 0 Å². The van der Waals surface area contributed by atoms with E-state index in [1.807, 2.05) is 54.6 Å². The van der Waals surface area contributed by atoms with Gasteiger partial charge < -0.3 is 37.7 Å². The Bertz CT molecular complexity index is 1820. The molecule has 0 N–H and O–H groups in total. The van der Waals surface area contributed by atoms with Crippen molar-refractivity contribution in [3.63, 3.8) is 0 Å². The molecule has 0 saturated heterocycles. The van der Waals surface area contributed by atoms with E-state index in [4.69, 9.17) is 33.2 Å². The van der Waals surface area contributed by atoms with Gasteiger partial charge in [-0.25, -0.2) is 0 Å². The number of allylic oxidation sites excluding steroid dienone is 1. The molecule has 0 aliphatic rings. The first-order valence-electron chi connectivity index (χ1n) is 20.5. The maximum Gasteiger partial charge on any atom is 0.306 e. The number of esters is 6. The molecule has 2 aromatic carbocycles. The van der Waals surface area contributed by atoms with Crippen LogP contribution in [0.1, 0.15) is 38.5 Å². The maximum atomic E-state index is 12.4. The summed E-state index contributed by atoms with van der Waals surface area (Å²) in [4.78, 5) is 86.2. The standard InChI is InChI=1S/C28H46O13S6.C16H13NO/c29-21(1-7-42)36-15-27(16-37-22(30)2-8-43,17-38-23(31)3-9-44)13-35-14-28(18-39-24(32)4-10-45,19-40-25(33)5-11-46)20-41-26(34)6-12-47;1-2-11-17-14-9-5-3-7-12(14)16(18)13-8-4-6-10-15(13)17/h42-47H,1-20H2;2-10H,1,11H2. The van der Waals surface area contributed by atoms with Crippen LogP contribution in [0.25, 0.3) is 21.8 Å². The van der Waals surface area contributed by atoms with Gasteiger partial charge in [0.25, 0.3) is 0 Å². The molecule has 0 amide bonds. The molecular formula is C44H59NO14S6. The van der Waals surface area contributed by atoms with Gasteiger partial charge in [0.05, 0.1) is 73.6 Å². The normalized spacial score (nSPS) is 11.2. The molecular weight excluding hydrogens is 959 g/mol. The number of pyridine rings is 1. The molecule has 0 bridgehead atoms. The molecule has 15 nitrogen and oxygen atoms in total. The van der Waals surface area contributed by atoms with Crippen LogP contribution in [-0.4, -0.2) is 128 Å². The van der Waals surface area contributed by atoms with Gasteiger partial charge in [0, 0.05) is 51.8 Å². The van der Waals surface area contributed by atoms with Crippen molar-refractivity contribution in [2.24, 2.45) is 10.8 Å². The minimum atomic E-state index is -1.41. The molecule has 0 aliphatic heterocycles. The lowest BCUT2D eigenvalue weighted by Crippen LogP contribution is -2.47. The largest absolute Gasteiger partial charge is 0.465 e. The fourth-order valence-corrected chi connectivity index (χ4v) is 6.86. The van der Waals surface area contributed by atoms with Crippen LogP contribution in [0, 0.1) is 10.8 Å². The summed E-state index contributed by atoms with van der Waals surface area (Å²) in [6, 6.07) is 15.4.